The molecule has 22 heavy (non-hydrogen) atoms. The maximum absolute atomic E-state index is 6.08. The molecule has 116 valence electrons. The molecule has 5 nitrogen and oxygen atoms in total. The Bertz CT molecular complexity index is 661. The number of nitrogens with one attached hydrogen (secondary N) is 1. The first-order chi connectivity index (χ1) is 10.6. The van der Waals surface area contributed by atoms with E-state index in [1.54, 1.807) is 6.20 Å². The van der Waals surface area contributed by atoms with E-state index in [0.717, 1.165) is 36.6 Å². The molecule has 2 heterocycles. The van der Waals surface area contributed by atoms with E-state index in [2.05, 4.69) is 27.2 Å². The highest BCUT2D eigenvalue weighted by Crippen LogP contribution is 2.28. The van der Waals surface area contributed by atoms with Gasteiger partial charge in [0.2, 0.25) is 5.95 Å². The molecule has 0 bridgehead atoms. The van der Waals surface area contributed by atoms with Gasteiger partial charge in [0.05, 0.1) is 0 Å². The summed E-state index contributed by atoms with van der Waals surface area (Å²) < 4.78 is 0. The number of nitrogens with two attached hydrogens (primary N) is 1. The molecule has 0 radical (unpaired) electrons. The van der Waals surface area contributed by atoms with Crippen LogP contribution in [-0.4, -0.2) is 41.5 Å². The standard InChI is InChI=1S/C16H20ClN5/c1-22-6-5-11(10-22)8-19-15-14(9-20-16(18)21-15)12-3-2-4-13(17)7-12/h2-4,7,9,11H,5-6,8,10H2,1H3,(H3,18,19,20,21)/t11-/m0/s1. The highest BCUT2D eigenvalue weighted by Gasteiger charge is 2.20. The van der Waals surface area contributed by atoms with E-state index in [1.165, 1.54) is 6.42 Å². The van der Waals surface area contributed by atoms with E-state index in [1.807, 2.05) is 24.3 Å². The molecule has 1 aromatic carbocycles. The Hall–Kier alpha value is -1.85. The fraction of sp³-hybridized carbons (Fsp3) is 0.375. The molecule has 1 atom stereocenters. The van der Waals surface area contributed by atoms with Crippen molar-refractivity contribution in [3.63, 3.8) is 0 Å². The lowest BCUT2D eigenvalue weighted by Gasteiger charge is -2.15. The molecule has 0 amide bonds. The number of aromatic nitrogens is 2. The van der Waals surface area contributed by atoms with Gasteiger partial charge in [0.15, 0.2) is 0 Å². The number of hydrogen-bond donors (Lipinski definition) is 2. The number of halogens is 1. The summed E-state index contributed by atoms with van der Waals surface area (Å²) in [5.41, 5.74) is 7.65. The lowest BCUT2D eigenvalue weighted by atomic mass is 10.1. The Morgan fingerprint density at radius 1 is 1.45 bits per heavy atom. The van der Waals surface area contributed by atoms with Crippen LogP contribution in [0.2, 0.25) is 5.02 Å². The fourth-order valence-corrected chi connectivity index (χ4v) is 3.02. The summed E-state index contributed by atoms with van der Waals surface area (Å²) in [6.45, 7) is 3.15. The first-order valence-electron chi connectivity index (χ1n) is 7.42. The third-order valence-corrected chi connectivity index (χ3v) is 4.23. The molecule has 2 aromatic rings. The summed E-state index contributed by atoms with van der Waals surface area (Å²) in [6, 6.07) is 7.68. The van der Waals surface area contributed by atoms with Crippen LogP contribution in [0.15, 0.2) is 30.5 Å². The number of nitrogens with zero attached hydrogens (tertiary/aromatic N) is 3. The van der Waals surface area contributed by atoms with Crippen LogP contribution >= 0.6 is 11.6 Å². The van der Waals surface area contributed by atoms with Crippen molar-refractivity contribution in [2.45, 2.75) is 6.42 Å². The van der Waals surface area contributed by atoms with E-state index >= 15 is 0 Å². The molecule has 1 aliphatic heterocycles. The van der Waals surface area contributed by atoms with Crippen molar-refractivity contribution in [1.29, 1.82) is 0 Å². The van der Waals surface area contributed by atoms with Gasteiger partial charge < -0.3 is 16.0 Å². The van der Waals surface area contributed by atoms with Crippen molar-refractivity contribution in [3.8, 4) is 11.1 Å². The molecule has 1 saturated heterocycles. The first-order valence-corrected chi connectivity index (χ1v) is 7.80. The van der Waals surface area contributed by atoms with E-state index in [9.17, 15) is 0 Å². The molecule has 1 aliphatic rings. The second-order valence-electron chi connectivity index (χ2n) is 5.80. The fourth-order valence-electron chi connectivity index (χ4n) is 2.83. The number of benzene rings is 1. The second kappa shape index (κ2) is 6.50. The molecule has 6 heteroatoms. The normalized spacial score (nSPS) is 18.5. The van der Waals surface area contributed by atoms with Crippen LogP contribution < -0.4 is 11.1 Å². The monoisotopic (exact) mass is 317 g/mol. The number of nitrogen functional groups attached to an aromatic ring is 1. The third kappa shape index (κ3) is 3.48. The van der Waals surface area contributed by atoms with Gasteiger partial charge in [-0.2, -0.15) is 4.98 Å². The Morgan fingerprint density at radius 3 is 3.05 bits per heavy atom. The van der Waals surface area contributed by atoms with E-state index < -0.39 is 0 Å². The lowest BCUT2D eigenvalue weighted by Crippen LogP contribution is -2.20. The van der Waals surface area contributed by atoms with Gasteiger partial charge in [-0.25, -0.2) is 4.98 Å². The Labute approximate surface area is 135 Å². The highest BCUT2D eigenvalue weighted by atomic mass is 35.5. The molecule has 0 spiro atoms. The summed E-state index contributed by atoms with van der Waals surface area (Å²) in [6.07, 6.45) is 2.95. The number of likely N-dealkylation sites (tertiary alicyclic amines) is 1. The van der Waals surface area contributed by atoms with Gasteiger partial charge in [-0.1, -0.05) is 23.7 Å². The zero-order valence-electron chi connectivity index (χ0n) is 12.6. The number of rotatable bonds is 4. The first kappa shape index (κ1) is 15.1. The van der Waals surface area contributed by atoms with Gasteiger partial charge in [-0.15, -0.1) is 0 Å². The molecule has 3 N–H and O–H groups in total. The molecule has 3 rings (SSSR count). The van der Waals surface area contributed by atoms with Crippen LogP contribution in [-0.2, 0) is 0 Å². The smallest absolute Gasteiger partial charge is 0.221 e. The topological polar surface area (TPSA) is 67.1 Å². The Morgan fingerprint density at radius 2 is 2.32 bits per heavy atom. The van der Waals surface area contributed by atoms with Gasteiger partial charge >= 0.3 is 0 Å². The molecular formula is C16H20ClN5. The molecule has 0 unspecified atom stereocenters. The minimum Gasteiger partial charge on any atom is -0.369 e. The van der Waals surface area contributed by atoms with Crippen LogP contribution in [0.25, 0.3) is 11.1 Å². The molecule has 1 aromatic heterocycles. The maximum atomic E-state index is 6.08. The third-order valence-electron chi connectivity index (χ3n) is 3.99. The summed E-state index contributed by atoms with van der Waals surface area (Å²) in [5, 5.41) is 4.13. The zero-order chi connectivity index (χ0) is 15.5. The van der Waals surface area contributed by atoms with Crippen molar-refractivity contribution in [2.75, 3.05) is 37.7 Å². The van der Waals surface area contributed by atoms with Crippen LogP contribution in [0.5, 0.6) is 0 Å². The average molecular weight is 318 g/mol. The van der Waals surface area contributed by atoms with E-state index in [-0.39, 0.29) is 5.95 Å². The highest BCUT2D eigenvalue weighted by molar-refractivity contribution is 6.30. The van der Waals surface area contributed by atoms with Crippen molar-refractivity contribution >= 4 is 23.4 Å². The Balaban J connectivity index is 1.82. The van der Waals surface area contributed by atoms with Crippen LogP contribution in [0, 0.1) is 5.92 Å². The van der Waals surface area contributed by atoms with Crippen molar-refractivity contribution in [1.82, 2.24) is 14.9 Å². The van der Waals surface area contributed by atoms with Gasteiger partial charge in [0.1, 0.15) is 5.82 Å². The SMILES string of the molecule is CN1CC[C@@H](CNc2nc(N)ncc2-c2cccc(Cl)c2)C1. The minimum atomic E-state index is 0.275. The van der Waals surface area contributed by atoms with Crippen LogP contribution in [0.4, 0.5) is 11.8 Å². The largest absolute Gasteiger partial charge is 0.369 e. The minimum absolute atomic E-state index is 0.275. The summed E-state index contributed by atoms with van der Waals surface area (Å²) >= 11 is 6.08. The van der Waals surface area contributed by atoms with Crippen molar-refractivity contribution in [2.24, 2.45) is 5.92 Å². The average Bonchev–Trinajstić information content (AvgIpc) is 2.91. The molecule has 1 fully saturated rings. The van der Waals surface area contributed by atoms with Gasteiger partial charge in [-0.3, -0.25) is 0 Å². The predicted octanol–water partition coefficient (Wildman–Crippen LogP) is 2.74. The van der Waals surface area contributed by atoms with Gasteiger partial charge in [0.25, 0.3) is 0 Å². The van der Waals surface area contributed by atoms with Crippen molar-refractivity contribution < 1.29 is 0 Å². The lowest BCUT2D eigenvalue weighted by molar-refractivity contribution is 0.399. The van der Waals surface area contributed by atoms with Gasteiger partial charge in [0, 0.05) is 29.9 Å². The molecule has 0 saturated carbocycles. The van der Waals surface area contributed by atoms with E-state index in [4.69, 9.17) is 17.3 Å². The quantitative estimate of drug-likeness (QED) is 0.907. The zero-order valence-corrected chi connectivity index (χ0v) is 13.3. The molecule has 0 aliphatic carbocycles. The van der Waals surface area contributed by atoms with Gasteiger partial charge in [-0.05, 0) is 43.6 Å². The van der Waals surface area contributed by atoms with E-state index in [0.29, 0.717) is 10.9 Å². The summed E-state index contributed by atoms with van der Waals surface area (Å²) in [7, 11) is 2.15. The van der Waals surface area contributed by atoms with Crippen LogP contribution in [0.3, 0.4) is 0 Å². The second-order valence-corrected chi connectivity index (χ2v) is 6.24. The number of hydrogen-bond acceptors (Lipinski definition) is 5. The summed E-state index contributed by atoms with van der Waals surface area (Å²) in [5.74, 6) is 1.68. The Kier molecular flexibility index (Phi) is 4.45. The predicted molar refractivity (Wildman–Crippen MR) is 91.0 cm³/mol. The summed E-state index contributed by atoms with van der Waals surface area (Å²) in [4.78, 5) is 10.8. The van der Waals surface area contributed by atoms with Crippen molar-refractivity contribution in [3.05, 3.63) is 35.5 Å². The maximum Gasteiger partial charge on any atom is 0.221 e. The van der Waals surface area contributed by atoms with Crippen LogP contribution in [0.1, 0.15) is 6.42 Å². The molecular weight excluding hydrogens is 298 g/mol. The number of anilines is 2.